The standard InChI is InChI=1S/C26H27NO3/c1-4-29-23-15-20-16-25(28)27(21-12-7-6-8-13-21)26(19-11-9-10-18(3)14-19)22(20)17-24(23)30-5-2/h6-15,17,26H,4-5,16H2,1-3H3/t26-/m0/s1. The van der Waals surface area contributed by atoms with Crippen molar-refractivity contribution in [3.05, 3.63) is 89.0 Å². The first-order chi connectivity index (χ1) is 14.6. The number of hydrogen-bond donors (Lipinski definition) is 0. The highest BCUT2D eigenvalue weighted by atomic mass is 16.5. The van der Waals surface area contributed by atoms with E-state index in [4.69, 9.17) is 9.47 Å². The van der Waals surface area contributed by atoms with Gasteiger partial charge in [-0.2, -0.15) is 0 Å². The van der Waals surface area contributed by atoms with E-state index in [1.165, 1.54) is 0 Å². The maximum absolute atomic E-state index is 13.4. The summed E-state index contributed by atoms with van der Waals surface area (Å²) in [5, 5.41) is 0. The van der Waals surface area contributed by atoms with E-state index in [9.17, 15) is 4.79 Å². The zero-order valence-electron chi connectivity index (χ0n) is 17.7. The lowest BCUT2D eigenvalue weighted by atomic mass is 9.86. The molecule has 4 heteroatoms. The largest absolute Gasteiger partial charge is 0.490 e. The Morgan fingerprint density at radius 3 is 2.27 bits per heavy atom. The molecule has 1 aliphatic rings. The van der Waals surface area contributed by atoms with Gasteiger partial charge in [-0.05, 0) is 61.7 Å². The highest BCUT2D eigenvalue weighted by molar-refractivity contribution is 5.98. The van der Waals surface area contributed by atoms with Crippen molar-refractivity contribution >= 4 is 11.6 Å². The number of aryl methyl sites for hydroxylation is 1. The Bertz CT molecular complexity index is 1050. The topological polar surface area (TPSA) is 38.8 Å². The summed E-state index contributed by atoms with van der Waals surface area (Å²) in [4.78, 5) is 15.3. The molecule has 4 rings (SSSR count). The summed E-state index contributed by atoms with van der Waals surface area (Å²) >= 11 is 0. The number of nitrogens with zero attached hydrogens (tertiary/aromatic N) is 1. The lowest BCUT2D eigenvalue weighted by Gasteiger charge is -2.38. The van der Waals surface area contributed by atoms with Crippen LogP contribution >= 0.6 is 0 Å². The Labute approximate surface area is 178 Å². The average molecular weight is 402 g/mol. The molecule has 3 aromatic carbocycles. The number of carbonyl (C=O) groups is 1. The van der Waals surface area contributed by atoms with E-state index < -0.39 is 0 Å². The van der Waals surface area contributed by atoms with Crippen molar-refractivity contribution in [3.8, 4) is 11.5 Å². The van der Waals surface area contributed by atoms with Crippen LogP contribution in [0.15, 0.2) is 66.7 Å². The van der Waals surface area contributed by atoms with E-state index in [1.54, 1.807) is 0 Å². The summed E-state index contributed by atoms with van der Waals surface area (Å²) in [5.41, 5.74) is 5.21. The molecule has 3 aromatic rings. The van der Waals surface area contributed by atoms with Crippen LogP contribution in [0, 0.1) is 6.92 Å². The van der Waals surface area contributed by atoms with Gasteiger partial charge >= 0.3 is 0 Å². The van der Waals surface area contributed by atoms with Crippen LogP contribution in [0.25, 0.3) is 0 Å². The van der Waals surface area contributed by atoms with E-state index in [1.807, 2.05) is 61.2 Å². The molecule has 1 amide bonds. The third kappa shape index (κ3) is 3.78. The summed E-state index contributed by atoms with van der Waals surface area (Å²) in [6.45, 7) is 7.09. The van der Waals surface area contributed by atoms with Gasteiger partial charge in [0.2, 0.25) is 5.91 Å². The Hall–Kier alpha value is -3.27. The molecule has 0 aromatic heterocycles. The molecule has 0 fully saturated rings. The second kappa shape index (κ2) is 8.62. The first kappa shape index (κ1) is 20.0. The van der Waals surface area contributed by atoms with Crippen molar-refractivity contribution in [1.82, 2.24) is 0 Å². The summed E-state index contributed by atoms with van der Waals surface area (Å²) in [7, 11) is 0. The van der Waals surface area contributed by atoms with Crippen molar-refractivity contribution in [3.63, 3.8) is 0 Å². The molecule has 0 radical (unpaired) electrons. The number of rotatable bonds is 6. The van der Waals surface area contributed by atoms with Crippen molar-refractivity contribution in [1.29, 1.82) is 0 Å². The number of para-hydroxylation sites is 1. The molecular formula is C26H27NO3. The number of anilines is 1. The Morgan fingerprint density at radius 1 is 0.900 bits per heavy atom. The zero-order chi connectivity index (χ0) is 21.1. The highest BCUT2D eigenvalue weighted by Crippen LogP contribution is 2.43. The highest BCUT2D eigenvalue weighted by Gasteiger charge is 2.35. The van der Waals surface area contributed by atoms with Gasteiger partial charge in [0.1, 0.15) is 0 Å². The third-order valence-corrected chi connectivity index (χ3v) is 5.36. The van der Waals surface area contributed by atoms with Crippen LogP contribution in [0.3, 0.4) is 0 Å². The van der Waals surface area contributed by atoms with Crippen LogP contribution in [-0.4, -0.2) is 19.1 Å². The molecule has 30 heavy (non-hydrogen) atoms. The monoisotopic (exact) mass is 401 g/mol. The molecular weight excluding hydrogens is 374 g/mol. The second-order valence-electron chi connectivity index (χ2n) is 7.46. The summed E-state index contributed by atoms with van der Waals surface area (Å²) < 4.78 is 11.7. The second-order valence-corrected chi connectivity index (χ2v) is 7.46. The third-order valence-electron chi connectivity index (χ3n) is 5.36. The van der Waals surface area contributed by atoms with Crippen LogP contribution in [0.2, 0.25) is 0 Å². The first-order valence-corrected chi connectivity index (χ1v) is 10.5. The molecule has 1 heterocycles. The van der Waals surface area contributed by atoms with Gasteiger partial charge in [-0.1, -0.05) is 48.0 Å². The molecule has 0 spiro atoms. The number of hydrogen-bond acceptors (Lipinski definition) is 3. The Morgan fingerprint density at radius 2 is 1.60 bits per heavy atom. The van der Waals surface area contributed by atoms with Crippen LogP contribution < -0.4 is 14.4 Å². The molecule has 154 valence electrons. The maximum Gasteiger partial charge on any atom is 0.232 e. The minimum absolute atomic E-state index is 0.0758. The van der Waals surface area contributed by atoms with E-state index in [2.05, 4.69) is 31.2 Å². The average Bonchev–Trinajstić information content (AvgIpc) is 2.74. The Balaban J connectivity index is 1.93. The predicted octanol–water partition coefficient (Wildman–Crippen LogP) is 5.47. The molecule has 1 atom stereocenters. The molecule has 0 N–H and O–H groups in total. The number of fused-ring (bicyclic) bond motifs is 1. The number of amides is 1. The molecule has 0 unspecified atom stereocenters. The van der Waals surface area contributed by atoms with Gasteiger partial charge in [-0.25, -0.2) is 0 Å². The SMILES string of the molecule is CCOc1cc2c(cc1OCC)[C@H](c1cccc(C)c1)N(c1ccccc1)C(=O)C2. The van der Waals surface area contributed by atoms with Crippen molar-refractivity contribution < 1.29 is 14.3 Å². The number of carbonyl (C=O) groups excluding carboxylic acids is 1. The van der Waals surface area contributed by atoms with Gasteiger partial charge < -0.3 is 14.4 Å². The van der Waals surface area contributed by atoms with Crippen LogP contribution in [0.1, 0.15) is 42.1 Å². The molecule has 0 saturated carbocycles. The van der Waals surface area contributed by atoms with E-state index in [0.29, 0.717) is 25.4 Å². The fourth-order valence-electron chi connectivity index (χ4n) is 4.14. The lowest BCUT2D eigenvalue weighted by molar-refractivity contribution is -0.118. The van der Waals surface area contributed by atoms with E-state index in [-0.39, 0.29) is 11.9 Å². The predicted molar refractivity (Wildman–Crippen MR) is 119 cm³/mol. The van der Waals surface area contributed by atoms with E-state index >= 15 is 0 Å². The van der Waals surface area contributed by atoms with Gasteiger partial charge in [0.05, 0.1) is 25.7 Å². The molecule has 0 aliphatic carbocycles. The fourth-order valence-corrected chi connectivity index (χ4v) is 4.14. The Kier molecular flexibility index (Phi) is 5.75. The lowest BCUT2D eigenvalue weighted by Crippen LogP contribution is -2.41. The van der Waals surface area contributed by atoms with Gasteiger partial charge in [0, 0.05) is 5.69 Å². The number of ether oxygens (including phenoxy) is 2. The van der Waals surface area contributed by atoms with Crippen LogP contribution in [-0.2, 0) is 11.2 Å². The summed E-state index contributed by atoms with van der Waals surface area (Å²) in [5.74, 6) is 1.49. The minimum Gasteiger partial charge on any atom is -0.490 e. The van der Waals surface area contributed by atoms with Crippen molar-refractivity contribution in [2.24, 2.45) is 0 Å². The molecule has 1 aliphatic heterocycles. The van der Waals surface area contributed by atoms with Crippen LogP contribution in [0.4, 0.5) is 5.69 Å². The summed E-state index contributed by atoms with van der Waals surface area (Å²) in [6.07, 6.45) is 0.332. The van der Waals surface area contributed by atoms with Crippen molar-refractivity contribution in [2.45, 2.75) is 33.2 Å². The van der Waals surface area contributed by atoms with Crippen LogP contribution in [0.5, 0.6) is 11.5 Å². The van der Waals surface area contributed by atoms with Gasteiger partial charge in [0.25, 0.3) is 0 Å². The number of benzene rings is 3. The van der Waals surface area contributed by atoms with Crippen molar-refractivity contribution in [2.75, 3.05) is 18.1 Å². The first-order valence-electron chi connectivity index (χ1n) is 10.5. The minimum atomic E-state index is -0.224. The maximum atomic E-state index is 13.4. The van der Waals surface area contributed by atoms with Gasteiger partial charge in [-0.15, -0.1) is 0 Å². The fraction of sp³-hybridized carbons (Fsp3) is 0.269. The normalized spacial score (nSPS) is 15.6. The molecule has 0 bridgehead atoms. The molecule has 0 saturated heterocycles. The van der Waals surface area contributed by atoms with Gasteiger partial charge in [-0.3, -0.25) is 4.79 Å². The molecule has 4 nitrogen and oxygen atoms in total. The zero-order valence-corrected chi connectivity index (χ0v) is 17.7. The van der Waals surface area contributed by atoms with Gasteiger partial charge in [0.15, 0.2) is 11.5 Å². The van der Waals surface area contributed by atoms with E-state index in [0.717, 1.165) is 33.7 Å². The smallest absolute Gasteiger partial charge is 0.232 e. The quantitative estimate of drug-likeness (QED) is 0.550. The summed E-state index contributed by atoms with van der Waals surface area (Å²) in [6, 6.07) is 22.1.